The number of hydrogen-bond acceptors (Lipinski definition) is 4. The topological polar surface area (TPSA) is 53.7 Å². The first kappa shape index (κ1) is 15.1. The molecule has 0 aliphatic heterocycles. The van der Waals surface area contributed by atoms with Crippen molar-refractivity contribution in [2.24, 2.45) is 5.73 Å². The molecule has 1 aliphatic rings. The van der Waals surface area contributed by atoms with E-state index in [9.17, 15) is 0 Å². The van der Waals surface area contributed by atoms with Gasteiger partial charge in [0.25, 0.3) is 0 Å². The third-order valence-corrected chi connectivity index (χ3v) is 3.79. The van der Waals surface area contributed by atoms with Crippen LogP contribution < -0.4 is 15.2 Å². The first-order chi connectivity index (χ1) is 9.73. The molecular formula is C16H25NO3. The second-order valence-electron chi connectivity index (χ2n) is 5.47. The van der Waals surface area contributed by atoms with Gasteiger partial charge in [-0.1, -0.05) is 31.4 Å². The second kappa shape index (κ2) is 7.50. The summed E-state index contributed by atoms with van der Waals surface area (Å²) in [5.41, 5.74) is 6.19. The van der Waals surface area contributed by atoms with Crippen molar-refractivity contribution in [3.05, 3.63) is 24.3 Å². The fraction of sp³-hybridized carbons (Fsp3) is 0.625. The zero-order valence-corrected chi connectivity index (χ0v) is 12.3. The van der Waals surface area contributed by atoms with Gasteiger partial charge in [-0.15, -0.1) is 0 Å². The molecule has 0 aromatic heterocycles. The van der Waals surface area contributed by atoms with E-state index in [-0.39, 0.29) is 5.54 Å². The minimum atomic E-state index is -0.122. The van der Waals surface area contributed by atoms with E-state index in [4.69, 9.17) is 19.9 Å². The lowest BCUT2D eigenvalue weighted by Crippen LogP contribution is -2.46. The Bertz CT molecular complexity index is 402. The molecule has 1 saturated carbocycles. The van der Waals surface area contributed by atoms with Gasteiger partial charge in [0.2, 0.25) is 0 Å². The highest BCUT2D eigenvalue weighted by molar-refractivity contribution is 5.39. The summed E-state index contributed by atoms with van der Waals surface area (Å²) < 4.78 is 16.6. The Labute approximate surface area is 121 Å². The summed E-state index contributed by atoms with van der Waals surface area (Å²) in [6, 6.07) is 7.62. The summed E-state index contributed by atoms with van der Waals surface area (Å²) in [5, 5.41) is 0. The third-order valence-electron chi connectivity index (χ3n) is 3.79. The maximum atomic E-state index is 6.31. The fourth-order valence-electron chi connectivity index (χ4n) is 2.62. The number of nitrogens with two attached hydrogens (primary N) is 1. The summed E-state index contributed by atoms with van der Waals surface area (Å²) in [5.74, 6) is 1.49. The van der Waals surface area contributed by atoms with Gasteiger partial charge >= 0.3 is 0 Å². The van der Waals surface area contributed by atoms with E-state index in [1.165, 1.54) is 19.3 Å². The molecule has 1 fully saturated rings. The van der Waals surface area contributed by atoms with Crippen molar-refractivity contribution in [1.82, 2.24) is 0 Å². The van der Waals surface area contributed by atoms with E-state index >= 15 is 0 Å². The van der Waals surface area contributed by atoms with Crippen LogP contribution in [0.15, 0.2) is 24.3 Å². The van der Waals surface area contributed by atoms with Crippen molar-refractivity contribution in [3.8, 4) is 11.5 Å². The number of hydrogen-bond donors (Lipinski definition) is 1. The van der Waals surface area contributed by atoms with E-state index in [1.54, 1.807) is 7.11 Å². The molecule has 1 aromatic rings. The van der Waals surface area contributed by atoms with Crippen molar-refractivity contribution in [2.75, 3.05) is 26.9 Å². The Kier molecular flexibility index (Phi) is 5.68. The summed E-state index contributed by atoms with van der Waals surface area (Å²) in [6.07, 6.45) is 5.88. The molecule has 0 spiro atoms. The van der Waals surface area contributed by atoms with Gasteiger partial charge in [0.15, 0.2) is 11.5 Å². The first-order valence-electron chi connectivity index (χ1n) is 7.36. The largest absolute Gasteiger partial charge is 0.493 e. The van der Waals surface area contributed by atoms with Crippen LogP contribution in [0.25, 0.3) is 0 Å². The van der Waals surface area contributed by atoms with E-state index in [0.29, 0.717) is 19.8 Å². The zero-order chi connectivity index (χ0) is 14.3. The number of rotatable bonds is 7. The number of ether oxygens (including phenoxy) is 3. The van der Waals surface area contributed by atoms with E-state index in [0.717, 1.165) is 24.3 Å². The van der Waals surface area contributed by atoms with Crippen LogP contribution in [0.4, 0.5) is 0 Å². The number of benzene rings is 1. The molecule has 0 heterocycles. The summed E-state index contributed by atoms with van der Waals surface area (Å²) >= 11 is 0. The van der Waals surface area contributed by atoms with Crippen LogP contribution in [-0.2, 0) is 4.74 Å². The molecule has 0 bridgehead atoms. The zero-order valence-electron chi connectivity index (χ0n) is 12.3. The van der Waals surface area contributed by atoms with Crippen LogP contribution in [0.5, 0.6) is 11.5 Å². The van der Waals surface area contributed by atoms with Crippen LogP contribution in [-0.4, -0.2) is 32.5 Å². The molecule has 1 aliphatic carbocycles. The summed E-state index contributed by atoms with van der Waals surface area (Å²) in [6.45, 7) is 1.69. The third kappa shape index (κ3) is 4.39. The predicted octanol–water partition coefficient (Wildman–Crippen LogP) is 2.75. The quantitative estimate of drug-likeness (QED) is 0.780. The molecule has 112 valence electrons. The molecule has 0 atom stereocenters. The van der Waals surface area contributed by atoms with Crippen molar-refractivity contribution < 1.29 is 14.2 Å². The van der Waals surface area contributed by atoms with Crippen LogP contribution in [0.1, 0.15) is 32.1 Å². The maximum Gasteiger partial charge on any atom is 0.161 e. The van der Waals surface area contributed by atoms with Crippen LogP contribution in [0.3, 0.4) is 0 Å². The van der Waals surface area contributed by atoms with Crippen molar-refractivity contribution >= 4 is 0 Å². The molecule has 1 aromatic carbocycles. The van der Waals surface area contributed by atoms with E-state index < -0.39 is 0 Å². The highest BCUT2D eigenvalue weighted by atomic mass is 16.5. The lowest BCUT2D eigenvalue weighted by atomic mass is 9.83. The molecule has 0 saturated heterocycles. The number of para-hydroxylation sites is 2. The van der Waals surface area contributed by atoms with Crippen LogP contribution in [0.2, 0.25) is 0 Å². The standard InChI is InChI=1S/C16H25NO3/c1-18-14-7-3-4-8-15(14)20-12-11-19-13-16(17)9-5-2-6-10-16/h3-4,7-8H,2,5-6,9-13,17H2,1H3. The molecular weight excluding hydrogens is 254 g/mol. The van der Waals surface area contributed by atoms with E-state index in [1.807, 2.05) is 24.3 Å². The molecule has 0 radical (unpaired) electrons. The monoisotopic (exact) mass is 279 g/mol. The van der Waals surface area contributed by atoms with Gasteiger partial charge in [-0.3, -0.25) is 0 Å². The Hall–Kier alpha value is -1.26. The van der Waals surface area contributed by atoms with Crippen molar-refractivity contribution in [2.45, 2.75) is 37.6 Å². The van der Waals surface area contributed by atoms with Crippen LogP contribution in [0, 0.1) is 0 Å². The molecule has 4 heteroatoms. The van der Waals surface area contributed by atoms with Crippen LogP contribution >= 0.6 is 0 Å². The Morgan fingerprint density at radius 1 is 1.05 bits per heavy atom. The normalized spacial score (nSPS) is 17.7. The molecule has 4 nitrogen and oxygen atoms in total. The molecule has 2 rings (SSSR count). The van der Waals surface area contributed by atoms with Crippen molar-refractivity contribution in [1.29, 1.82) is 0 Å². The fourth-order valence-corrected chi connectivity index (χ4v) is 2.62. The lowest BCUT2D eigenvalue weighted by Gasteiger charge is -2.32. The minimum absolute atomic E-state index is 0.122. The van der Waals surface area contributed by atoms with Gasteiger partial charge < -0.3 is 19.9 Å². The van der Waals surface area contributed by atoms with Gasteiger partial charge in [-0.05, 0) is 25.0 Å². The highest BCUT2D eigenvalue weighted by Crippen LogP contribution is 2.27. The SMILES string of the molecule is COc1ccccc1OCCOCC1(N)CCCCC1. The molecule has 20 heavy (non-hydrogen) atoms. The molecule has 2 N–H and O–H groups in total. The average molecular weight is 279 g/mol. The summed E-state index contributed by atoms with van der Waals surface area (Å²) in [7, 11) is 1.64. The first-order valence-corrected chi connectivity index (χ1v) is 7.36. The van der Waals surface area contributed by atoms with Gasteiger partial charge in [0.05, 0.1) is 20.3 Å². The molecule has 0 unspecified atom stereocenters. The van der Waals surface area contributed by atoms with Gasteiger partial charge in [0.1, 0.15) is 6.61 Å². The second-order valence-corrected chi connectivity index (χ2v) is 5.47. The Morgan fingerprint density at radius 2 is 1.75 bits per heavy atom. The Morgan fingerprint density at radius 3 is 2.45 bits per heavy atom. The average Bonchev–Trinajstić information content (AvgIpc) is 2.48. The maximum absolute atomic E-state index is 6.31. The highest BCUT2D eigenvalue weighted by Gasteiger charge is 2.27. The van der Waals surface area contributed by atoms with Crippen molar-refractivity contribution in [3.63, 3.8) is 0 Å². The minimum Gasteiger partial charge on any atom is -0.493 e. The van der Waals surface area contributed by atoms with Gasteiger partial charge in [0, 0.05) is 5.54 Å². The predicted molar refractivity (Wildman–Crippen MR) is 79.3 cm³/mol. The smallest absolute Gasteiger partial charge is 0.161 e. The lowest BCUT2D eigenvalue weighted by molar-refractivity contribution is 0.0493. The molecule has 0 amide bonds. The van der Waals surface area contributed by atoms with Gasteiger partial charge in [-0.2, -0.15) is 0 Å². The summed E-state index contributed by atoms with van der Waals surface area (Å²) in [4.78, 5) is 0. The Balaban J connectivity index is 1.66. The van der Waals surface area contributed by atoms with Gasteiger partial charge in [-0.25, -0.2) is 0 Å². The number of methoxy groups -OCH3 is 1. The van der Waals surface area contributed by atoms with E-state index in [2.05, 4.69) is 0 Å².